The van der Waals surface area contributed by atoms with E-state index in [1.165, 1.54) is 0 Å². The van der Waals surface area contributed by atoms with E-state index in [-0.39, 0.29) is 0 Å². The third-order valence-electron chi connectivity index (χ3n) is 2.32. The Hall–Kier alpha value is -0.320. The van der Waals surface area contributed by atoms with Gasteiger partial charge in [-0.3, -0.25) is 0 Å². The standard InChI is InChI=1S/C10H12BrClN2O/c11-8-2-3-9(12)13-10(8)14-4-1-6-15-7-5-14/h2-3H,1,4-7H2. The fourth-order valence-electron chi connectivity index (χ4n) is 1.59. The minimum absolute atomic E-state index is 0.526. The third kappa shape index (κ3) is 2.83. The van der Waals surface area contributed by atoms with Gasteiger partial charge in [0.1, 0.15) is 11.0 Å². The number of nitrogens with zero attached hydrogens (tertiary/aromatic N) is 2. The highest BCUT2D eigenvalue weighted by Crippen LogP contribution is 2.26. The highest BCUT2D eigenvalue weighted by atomic mass is 79.9. The first-order valence-electron chi connectivity index (χ1n) is 4.92. The van der Waals surface area contributed by atoms with Crippen molar-refractivity contribution in [1.82, 2.24) is 4.98 Å². The zero-order valence-electron chi connectivity index (χ0n) is 8.25. The maximum absolute atomic E-state index is 5.89. The third-order valence-corrected chi connectivity index (χ3v) is 3.14. The average molecular weight is 292 g/mol. The van der Waals surface area contributed by atoms with Crippen LogP contribution in [0.15, 0.2) is 16.6 Å². The second-order valence-corrected chi connectivity index (χ2v) is 4.63. The molecule has 1 aliphatic heterocycles. The lowest BCUT2D eigenvalue weighted by molar-refractivity contribution is 0.152. The monoisotopic (exact) mass is 290 g/mol. The number of halogens is 2. The first kappa shape index (κ1) is 11.2. The molecule has 5 heteroatoms. The highest BCUT2D eigenvalue weighted by molar-refractivity contribution is 9.10. The molecule has 1 aromatic rings. The summed E-state index contributed by atoms with van der Waals surface area (Å²) in [6.45, 7) is 3.41. The summed E-state index contributed by atoms with van der Waals surface area (Å²) in [4.78, 5) is 6.52. The summed E-state index contributed by atoms with van der Waals surface area (Å²) >= 11 is 9.37. The summed E-state index contributed by atoms with van der Waals surface area (Å²) in [5, 5.41) is 0.526. The second kappa shape index (κ2) is 5.14. The van der Waals surface area contributed by atoms with Gasteiger partial charge in [-0.1, -0.05) is 11.6 Å². The Morgan fingerprint density at radius 1 is 1.33 bits per heavy atom. The van der Waals surface area contributed by atoms with E-state index in [9.17, 15) is 0 Å². The van der Waals surface area contributed by atoms with Crippen LogP contribution in [0, 0.1) is 0 Å². The van der Waals surface area contributed by atoms with Crippen LogP contribution in [0.25, 0.3) is 0 Å². The molecule has 0 aliphatic carbocycles. The van der Waals surface area contributed by atoms with Gasteiger partial charge in [-0.2, -0.15) is 0 Å². The molecule has 0 unspecified atom stereocenters. The van der Waals surface area contributed by atoms with E-state index in [1.54, 1.807) is 6.07 Å². The molecule has 2 rings (SSSR count). The molecule has 15 heavy (non-hydrogen) atoms. The molecule has 1 saturated heterocycles. The van der Waals surface area contributed by atoms with Crippen LogP contribution in [0.1, 0.15) is 6.42 Å². The number of ether oxygens (including phenoxy) is 1. The molecule has 0 atom stereocenters. The van der Waals surface area contributed by atoms with Crippen LogP contribution in [0.5, 0.6) is 0 Å². The van der Waals surface area contributed by atoms with Gasteiger partial charge in [0.15, 0.2) is 0 Å². The van der Waals surface area contributed by atoms with Crippen LogP contribution < -0.4 is 4.90 Å². The van der Waals surface area contributed by atoms with E-state index >= 15 is 0 Å². The van der Waals surface area contributed by atoms with Gasteiger partial charge < -0.3 is 9.64 Å². The van der Waals surface area contributed by atoms with Crippen LogP contribution >= 0.6 is 27.5 Å². The van der Waals surface area contributed by atoms with Crippen LogP contribution in [0.4, 0.5) is 5.82 Å². The van der Waals surface area contributed by atoms with Crippen LogP contribution in [-0.4, -0.2) is 31.3 Å². The number of pyridine rings is 1. The molecule has 0 radical (unpaired) electrons. The number of aromatic nitrogens is 1. The molecular formula is C10H12BrClN2O. The highest BCUT2D eigenvalue weighted by Gasteiger charge is 2.14. The van der Waals surface area contributed by atoms with Crippen LogP contribution in [0.3, 0.4) is 0 Å². The lowest BCUT2D eigenvalue weighted by Crippen LogP contribution is -2.27. The van der Waals surface area contributed by atoms with Gasteiger partial charge in [-0.05, 0) is 34.5 Å². The molecular weight excluding hydrogens is 279 g/mol. The largest absolute Gasteiger partial charge is 0.380 e. The molecule has 0 amide bonds. The molecule has 1 fully saturated rings. The number of anilines is 1. The summed E-state index contributed by atoms with van der Waals surface area (Å²) in [6.07, 6.45) is 1.03. The van der Waals surface area contributed by atoms with E-state index in [4.69, 9.17) is 16.3 Å². The number of rotatable bonds is 1. The van der Waals surface area contributed by atoms with Crippen molar-refractivity contribution in [2.24, 2.45) is 0 Å². The van der Waals surface area contributed by atoms with Crippen molar-refractivity contribution in [1.29, 1.82) is 0 Å². The lowest BCUT2D eigenvalue weighted by atomic mass is 10.3. The van der Waals surface area contributed by atoms with Crippen molar-refractivity contribution in [3.05, 3.63) is 21.8 Å². The first-order chi connectivity index (χ1) is 7.27. The van der Waals surface area contributed by atoms with Crippen LogP contribution in [-0.2, 0) is 4.74 Å². The zero-order chi connectivity index (χ0) is 10.7. The van der Waals surface area contributed by atoms with E-state index in [0.29, 0.717) is 5.15 Å². The molecule has 1 aromatic heterocycles. The Morgan fingerprint density at radius 2 is 2.20 bits per heavy atom. The molecule has 2 heterocycles. The smallest absolute Gasteiger partial charge is 0.144 e. The Balaban J connectivity index is 2.22. The van der Waals surface area contributed by atoms with Crippen molar-refractivity contribution in [2.75, 3.05) is 31.2 Å². The molecule has 82 valence electrons. The van der Waals surface area contributed by atoms with Crippen LogP contribution in [0.2, 0.25) is 5.15 Å². The van der Waals surface area contributed by atoms with E-state index in [1.807, 2.05) is 6.07 Å². The van der Waals surface area contributed by atoms with Crippen molar-refractivity contribution in [3.8, 4) is 0 Å². The van der Waals surface area contributed by atoms with Gasteiger partial charge in [0, 0.05) is 19.7 Å². The summed E-state index contributed by atoms with van der Waals surface area (Å²) in [7, 11) is 0. The fraction of sp³-hybridized carbons (Fsp3) is 0.500. The summed E-state index contributed by atoms with van der Waals surface area (Å²) in [5.74, 6) is 0.910. The topological polar surface area (TPSA) is 25.4 Å². The number of hydrogen-bond acceptors (Lipinski definition) is 3. The van der Waals surface area contributed by atoms with E-state index < -0.39 is 0 Å². The lowest BCUT2D eigenvalue weighted by Gasteiger charge is -2.21. The second-order valence-electron chi connectivity index (χ2n) is 3.39. The van der Waals surface area contributed by atoms with Gasteiger partial charge >= 0.3 is 0 Å². The van der Waals surface area contributed by atoms with Gasteiger partial charge in [-0.15, -0.1) is 0 Å². The fourth-order valence-corrected chi connectivity index (χ4v) is 2.20. The maximum atomic E-state index is 5.89. The molecule has 0 N–H and O–H groups in total. The molecule has 0 bridgehead atoms. The van der Waals surface area contributed by atoms with Gasteiger partial charge in [0.25, 0.3) is 0 Å². The van der Waals surface area contributed by atoms with Crippen molar-refractivity contribution < 1.29 is 4.74 Å². The minimum atomic E-state index is 0.526. The summed E-state index contributed by atoms with van der Waals surface area (Å²) in [6, 6.07) is 3.71. The zero-order valence-corrected chi connectivity index (χ0v) is 10.6. The Labute approximate surface area is 103 Å². The predicted octanol–water partition coefficient (Wildman–Crippen LogP) is 2.72. The molecule has 0 spiro atoms. The molecule has 1 aliphatic rings. The van der Waals surface area contributed by atoms with Gasteiger partial charge in [-0.25, -0.2) is 4.98 Å². The summed E-state index contributed by atoms with van der Waals surface area (Å²) < 4.78 is 6.38. The minimum Gasteiger partial charge on any atom is -0.380 e. The maximum Gasteiger partial charge on any atom is 0.144 e. The van der Waals surface area contributed by atoms with Gasteiger partial charge in [0.05, 0.1) is 11.1 Å². The molecule has 0 saturated carbocycles. The first-order valence-corrected chi connectivity index (χ1v) is 6.09. The van der Waals surface area contributed by atoms with Crippen molar-refractivity contribution in [3.63, 3.8) is 0 Å². The Bertz CT molecular complexity index is 340. The summed E-state index contributed by atoms with van der Waals surface area (Å²) in [5.41, 5.74) is 0. The Kier molecular flexibility index (Phi) is 3.83. The molecule has 0 aromatic carbocycles. The van der Waals surface area contributed by atoms with Crippen molar-refractivity contribution in [2.45, 2.75) is 6.42 Å². The predicted molar refractivity (Wildman–Crippen MR) is 64.6 cm³/mol. The van der Waals surface area contributed by atoms with Gasteiger partial charge in [0.2, 0.25) is 0 Å². The number of hydrogen-bond donors (Lipinski definition) is 0. The van der Waals surface area contributed by atoms with Crippen molar-refractivity contribution >= 4 is 33.3 Å². The SMILES string of the molecule is Clc1ccc(Br)c(N2CCCOCC2)n1. The quantitative estimate of drug-likeness (QED) is 0.744. The Morgan fingerprint density at radius 3 is 3.07 bits per heavy atom. The van der Waals surface area contributed by atoms with E-state index in [2.05, 4.69) is 25.8 Å². The van der Waals surface area contributed by atoms with E-state index in [0.717, 1.165) is 43.0 Å². The molecule has 3 nitrogen and oxygen atoms in total. The normalized spacial score (nSPS) is 17.6. The average Bonchev–Trinajstić information content (AvgIpc) is 2.50.